The van der Waals surface area contributed by atoms with Crippen LogP contribution in [0.1, 0.15) is 20.3 Å². The van der Waals surface area contributed by atoms with Crippen LogP contribution in [0.25, 0.3) is 11.0 Å². The number of imidazole rings is 1. The molecule has 1 heterocycles. The van der Waals surface area contributed by atoms with E-state index in [9.17, 15) is 0 Å². The lowest BCUT2D eigenvalue weighted by atomic mass is 10.3. The van der Waals surface area contributed by atoms with Crippen molar-refractivity contribution < 1.29 is 4.74 Å². The van der Waals surface area contributed by atoms with Gasteiger partial charge >= 0.3 is 0 Å². The fourth-order valence-corrected chi connectivity index (χ4v) is 2.99. The third kappa shape index (κ3) is 3.44. The number of ether oxygens (including phenoxy) is 1. The van der Waals surface area contributed by atoms with Crippen molar-refractivity contribution in [1.29, 1.82) is 0 Å². The van der Waals surface area contributed by atoms with Crippen LogP contribution < -0.4 is 0 Å². The Bertz CT molecular complexity index is 556. The zero-order valence-corrected chi connectivity index (χ0v) is 13.1. The molecule has 0 radical (unpaired) electrons. The van der Waals surface area contributed by atoms with Crippen molar-refractivity contribution in [1.82, 2.24) is 9.55 Å². The van der Waals surface area contributed by atoms with E-state index in [0.717, 1.165) is 34.2 Å². The van der Waals surface area contributed by atoms with Crippen LogP contribution in [-0.4, -0.2) is 28.5 Å². The quantitative estimate of drug-likeness (QED) is 0.747. The third-order valence-electron chi connectivity index (χ3n) is 3.08. The normalized spacial score (nSPS) is 13.1. The molecule has 0 aliphatic heterocycles. The van der Waals surface area contributed by atoms with Crippen LogP contribution in [0.3, 0.4) is 0 Å². The highest BCUT2D eigenvalue weighted by Crippen LogP contribution is 2.29. The number of thioether (sulfide) groups is 1. The van der Waals surface area contributed by atoms with Crippen LogP contribution >= 0.6 is 23.4 Å². The Labute approximate surface area is 123 Å². The van der Waals surface area contributed by atoms with Crippen LogP contribution in [0, 0.1) is 0 Å². The van der Waals surface area contributed by atoms with Crippen molar-refractivity contribution >= 4 is 34.4 Å². The first-order valence-electron chi connectivity index (χ1n) is 6.47. The molecule has 1 aromatic heterocycles. The smallest absolute Gasteiger partial charge is 0.169 e. The Balaban J connectivity index is 2.41. The Morgan fingerprint density at radius 1 is 1.47 bits per heavy atom. The number of aromatic nitrogens is 2. The lowest BCUT2D eigenvalue weighted by molar-refractivity contribution is 0.186. The van der Waals surface area contributed by atoms with Gasteiger partial charge in [-0.2, -0.15) is 0 Å². The second-order valence-corrected chi connectivity index (χ2v) is 6.35. The molecule has 0 aliphatic rings. The summed E-state index contributed by atoms with van der Waals surface area (Å²) in [6.07, 6.45) is 1.12. The predicted molar refractivity (Wildman–Crippen MR) is 82.2 cm³/mol. The molecule has 0 bridgehead atoms. The molecular weight excluding hydrogens is 280 g/mol. The Kier molecular flexibility index (Phi) is 5.13. The van der Waals surface area contributed by atoms with Crippen LogP contribution in [-0.2, 0) is 11.3 Å². The molecule has 0 fully saturated rings. The van der Waals surface area contributed by atoms with E-state index >= 15 is 0 Å². The summed E-state index contributed by atoms with van der Waals surface area (Å²) in [7, 11) is 1.72. The summed E-state index contributed by atoms with van der Waals surface area (Å²) < 4.78 is 7.40. The van der Waals surface area contributed by atoms with E-state index in [4.69, 9.17) is 21.3 Å². The average molecular weight is 299 g/mol. The van der Waals surface area contributed by atoms with Crippen molar-refractivity contribution in [2.24, 2.45) is 0 Å². The fraction of sp³-hybridized carbons (Fsp3) is 0.500. The van der Waals surface area contributed by atoms with Gasteiger partial charge in [-0.1, -0.05) is 37.2 Å². The van der Waals surface area contributed by atoms with Gasteiger partial charge in [-0.3, -0.25) is 0 Å². The summed E-state index contributed by atoms with van der Waals surface area (Å²) in [5.74, 6) is 0. The molecule has 1 unspecified atom stereocenters. The maximum Gasteiger partial charge on any atom is 0.169 e. The first-order chi connectivity index (χ1) is 9.15. The number of benzene rings is 1. The van der Waals surface area contributed by atoms with Crippen LogP contribution in [0.5, 0.6) is 0 Å². The van der Waals surface area contributed by atoms with Crippen LogP contribution in [0.4, 0.5) is 0 Å². The Morgan fingerprint density at radius 3 is 2.95 bits per heavy atom. The van der Waals surface area contributed by atoms with Gasteiger partial charge in [0, 0.05) is 23.9 Å². The second kappa shape index (κ2) is 6.64. The Morgan fingerprint density at radius 2 is 2.26 bits per heavy atom. The molecule has 2 aromatic rings. The third-order valence-corrected chi connectivity index (χ3v) is 4.57. The van der Waals surface area contributed by atoms with Crippen molar-refractivity contribution in [2.75, 3.05) is 13.7 Å². The van der Waals surface area contributed by atoms with E-state index in [0.29, 0.717) is 11.9 Å². The van der Waals surface area contributed by atoms with E-state index < -0.39 is 0 Å². The highest BCUT2D eigenvalue weighted by atomic mass is 35.5. The number of methoxy groups -OCH3 is 1. The number of nitrogens with zero attached hydrogens (tertiary/aromatic N) is 2. The Hall–Kier alpha value is -0.710. The lowest BCUT2D eigenvalue weighted by Crippen LogP contribution is -2.07. The largest absolute Gasteiger partial charge is 0.383 e. The molecule has 0 aliphatic carbocycles. The number of rotatable bonds is 6. The van der Waals surface area contributed by atoms with Crippen molar-refractivity contribution in [3.05, 3.63) is 23.2 Å². The summed E-state index contributed by atoms with van der Waals surface area (Å²) in [4.78, 5) is 4.70. The topological polar surface area (TPSA) is 27.1 Å². The first-order valence-corrected chi connectivity index (χ1v) is 7.72. The predicted octanol–water partition coefficient (Wildman–Crippen LogP) is 4.23. The number of fused-ring (bicyclic) bond motifs is 1. The van der Waals surface area contributed by atoms with E-state index in [1.165, 1.54) is 0 Å². The zero-order chi connectivity index (χ0) is 13.8. The molecule has 0 spiro atoms. The van der Waals surface area contributed by atoms with Gasteiger partial charge in [0.05, 0.1) is 17.6 Å². The molecule has 104 valence electrons. The summed E-state index contributed by atoms with van der Waals surface area (Å²) in [6.45, 7) is 5.91. The van der Waals surface area contributed by atoms with Crippen LogP contribution in [0.15, 0.2) is 23.4 Å². The fourth-order valence-electron chi connectivity index (χ4n) is 1.83. The molecule has 0 amide bonds. The number of halogens is 1. The van der Waals surface area contributed by atoms with E-state index in [-0.39, 0.29) is 0 Å². The molecular formula is C14H19ClN2OS. The molecule has 1 atom stereocenters. The van der Waals surface area contributed by atoms with Gasteiger partial charge < -0.3 is 9.30 Å². The van der Waals surface area contributed by atoms with Gasteiger partial charge in [0.2, 0.25) is 0 Å². The molecule has 0 saturated carbocycles. The molecule has 1 aromatic carbocycles. The molecule has 2 rings (SSSR count). The molecule has 0 N–H and O–H groups in total. The van der Waals surface area contributed by atoms with Gasteiger partial charge in [-0.15, -0.1) is 0 Å². The van der Waals surface area contributed by atoms with Gasteiger partial charge in [-0.25, -0.2) is 4.98 Å². The zero-order valence-electron chi connectivity index (χ0n) is 11.5. The van der Waals surface area contributed by atoms with E-state index in [2.05, 4.69) is 18.4 Å². The summed E-state index contributed by atoms with van der Waals surface area (Å²) in [6, 6.07) is 5.86. The summed E-state index contributed by atoms with van der Waals surface area (Å²) in [5.41, 5.74) is 2.07. The van der Waals surface area contributed by atoms with Gasteiger partial charge in [0.1, 0.15) is 0 Å². The number of hydrogen-bond donors (Lipinski definition) is 0. The monoisotopic (exact) mass is 298 g/mol. The van der Waals surface area contributed by atoms with Gasteiger partial charge in [0.15, 0.2) is 5.16 Å². The minimum Gasteiger partial charge on any atom is -0.383 e. The highest BCUT2D eigenvalue weighted by molar-refractivity contribution is 7.99. The maximum absolute atomic E-state index is 6.04. The highest BCUT2D eigenvalue weighted by Gasteiger charge is 2.13. The van der Waals surface area contributed by atoms with Crippen LogP contribution in [0.2, 0.25) is 5.02 Å². The standard InChI is InChI=1S/C14H19ClN2OS/c1-4-10(2)19-14-16-12-9-11(15)5-6-13(12)17(14)7-8-18-3/h5-6,9-10H,4,7-8H2,1-3H3. The molecule has 0 saturated heterocycles. The molecule has 3 nitrogen and oxygen atoms in total. The molecule has 19 heavy (non-hydrogen) atoms. The summed E-state index contributed by atoms with van der Waals surface area (Å²) >= 11 is 7.84. The maximum atomic E-state index is 6.04. The first kappa shape index (κ1) is 14.7. The van der Waals surface area contributed by atoms with Crippen molar-refractivity contribution in [3.63, 3.8) is 0 Å². The summed E-state index contributed by atoms with van der Waals surface area (Å²) in [5, 5.41) is 2.32. The molecule has 5 heteroatoms. The van der Waals surface area contributed by atoms with E-state index in [1.54, 1.807) is 18.9 Å². The lowest BCUT2D eigenvalue weighted by Gasteiger charge is -2.11. The second-order valence-electron chi connectivity index (χ2n) is 4.51. The minimum absolute atomic E-state index is 0.550. The van der Waals surface area contributed by atoms with E-state index in [1.807, 2.05) is 18.2 Å². The average Bonchev–Trinajstić information content (AvgIpc) is 2.72. The van der Waals surface area contributed by atoms with Gasteiger partial charge in [0.25, 0.3) is 0 Å². The number of hydrogen-bond acceptors (Lipinski definition) is 3. The SMILES string of the molecule is CCC(C)Sc1nc2cc(Cl)ccc2n1CCOC. The van der Waals surface area contributed by atoms with Crippen molar-refractivity contribution in [2.45, 2.75) is 37.2 Å². The van der Waals surface area contributed by atoms with Gasteiger partial charge in [-0.05, 0) is 24.6 Å². The minimum atomic E-state index is 0.550. The van der Waals surface area contributed by atoms with Crippen molar-refractivity contribution in [3.8, 4) is 0 Å².